The van der Waals surface area contributed by atoms with E-state index in [0.29, 0.717) is 18.7 Å². The highest BCUT2D eigenvalue weighted by Gasteiger charge is 2.40. The quantitative estimate of drug-likeness (QED) is 0.931. The Bertz CT molecular complexity index is 520. The van der Waals surface area contributed by atoms with E-state index in [-0.39, 0.29) is 24.7 Å². The van der Waals surface area contributed by atoms with Crippen LogP contribution in [-0.4, -0.2) is 41.9 Å². The fraction of sp³-hybridized carbons (Fsp3) is 0.625. The van der Waals surface area contributed by atoms with E-state index in [1.54, 1.807) is 6.07 Å². The molecule has 0 amide bonds. The monoisotopic (exact) mass is 315 g/mol. The Morgan fingerprint density at radius 3 is 2.82 bits per heavy atom. The van der Waals surface area contributed by atoms with Crippen molar-refractivity contribution in [1.82, 2.24) is 4.90 Å². The van der Waals surface area contributed by atoms with Gasteiger partial charge in [0, 0.05) is 25.7 Å². The van der Waals surface area contributed by atoms with Gasteiger partial charge in [-0.05, 0) is 30.4 Å². The zero-order valence-electron chi connectivity index (χ0n) is 12.2. The van der Waals surface area contributed by atoms with Gasteiger partial charge in [0.15, 0.2) is 0 Å². The molecule has 1 heterocycles. The van der Waals surface area contributed by atoms with Crippen LogP contribution in [0.5, 0.6) is 0 Å². The Morgan fingerprint density at radius 1 is 1.27 bits per heavy atom. The van der Waals surface area contributed by atoms with E-state index in [9.17, 15) is 18.3 Å². The van der Waals surface area contributed by atoms with E-state index in [1.165, 1.54) is 12.1 Å². The van der Waals surface area contributed by atoms with Gasteiger partial charge in [-0.3, -0.25) is 4.90 Å². The lowest BCUT2D eigenvalue weighted by atomic mass is 10.1. The lowest BCUT2D eigenvalue weighted by Gasteiger charge is -2.37. The molecule has 1 saturated heterocycles. The summed E-state index contributed by atoms with van der Waals surface area (Å²) < 4.78 is 44.1. The molecule has 1 aromatic rings. The molecule has 1 saturated carbocycles. The van der Waals surface area contributed by atoms with Crippen LogP contribution in [-0.2, 0) is 17.5 Å². The maximum absolute atomic E-state index is 12.8. The summed E-state index contributed by atoms with van der Waals surface area (Å²) in [4.78, 5) is 2.19. The van der Waals surface area contributed by atoms with Crippen LogP contribution < -0.4 is 0 Å². The van der Waals surface area contributed by atoms with Crippen molar-refractivity contribution in [3.8, 4) is 0 Å². The highest BCUT2D eigenvalue weighted by atomic mass is 19.4. The summed E-state index contributed by atoms with van der Waals surface area (Å²) in [7, 11) is 0. The molecule has 0 bridgehead atoms. The summed E-state index contributed by atoms with van der Waals surface area (Å²) in [6.45, 7) is 1.95. The number of aliphatic hydroxyl groups excluding tert-OH is 1. The average Bonchev–Trinajstić information content (AvgIpc) is 2.91. The molecule has 0 spiro atoms. The van der Waals surface area contributed by atoms with Crippen LogP contribution in [0.3, 0.4) is 0 Å². The third-order valence-corrected chi connectivity index (χ3v) is 4.65. The molecule has 6 heteroatoms. The van der Waals surface area contributed by atoms with E-state index in [4.69, 9.17) is 4.74 Å². The summed E-state index contributed by atoms with van der Waals surface area (Å²) in [5, 5.41) is 9.32. The maximum Gasteiger partial charge on any atom is 0.416 e. The van der Waals surface area contributed by atoms with Gasteiger partial charge in [0.25, 0.3) is 0 Å². The summed E-state index contributed by atoms with van der Waals surface area (Å²) in [6, 6.07) is 5.71. The first-order chi connectivity index (χ1) is 10.5. The van der Waals surface area contributed by atoms with Crippen LogP contribution in [0.4, 0.5) is 13.2 Å². The highest BCUT2D eigenvalue weighted by Crippen LogP contribution is 2.35. The number of aliphatic hydroxyl groups is 1. The summed E-state index contributed by atoms with van der Waals surface area (Å²) >= 11 is 0. The van der Waals surface area contributed by atoms with Crippen LogP contribution >= 0.6 is 0 Å². The Balaban J connectivity index is 1.72. The maximum atomic E-state index is 12.8. The van der Waals surface area contributed by atoms with Crippen molar-refractivity contribution in [2.24, 2.45) is 5.92 Å². The number of ether oxygens (including phenoxy) is 1. The van der Waals surface area contributed by atoms with Crippen LogP contribution in [0.15, 0.2) is 24.3 Å². The molecule has 0 radical (unpaired) electrons. The standard InChI is InChI=1S/C16H20F3NO2/c17-16(18,19)13-3-1-2-11(6-13)9-20-4-5-22-15-8-12(10-21)7-14(15)20/h1-3,6,12,14-15,21H,4-5,7-10H2/t12-,14+,15+/m1/s1. The Morgan fingerprint density at radius 2 is 2.09 bits per heavy atom. The summed E-state index contributed by atoms with van der Waals surface area (Å²) in [5.41, 5.74) is 0.0670. The molecular formula is C16H20F3NO2. The molecule has 1 N–H and O–H groups in total. The first-order valence-electron chi connectivity index (χ1n) is 7.60. The Hall–Kier alpha value is -1.11. The molecule has 0 unspecified atom stereocenters. The van der Waals surface area contributed by atoms with Gasteiger partial charge in [0.2, 0.25) is 0 Å². The second-order valence-corrected chi connectivity index (χ2v) is 6.17. The predicted octanol–water partition coefficient (Wildman–Crippen LogP) is 2.68. The summed E-state index contributed by atoms with van der Waals surface area (Å²) in [5.74, 6) is 0.233. The van der Waals surface area contributed by atoms with E-state index < -0.39 is 11.7 Å². The fourth-order valence-electron chi connectivity index (χ4n) is 3.55. The minimum Gasteiger partial charge on any atom is -0.396 e. The molecule has 1 aliphatic heterocycles. The normalized spacial score (nSPS) is 29.5. The molecule has 3 rings (SSSR count). The van der Waals surface area contributed by atoms with Crippen LogP contribution in [0.25, 0.3) is 0 Å². The number of hydrogen-bond acceptors (Lipinski definition) is 3. The largest absolute Gasteiger partial charge is 0.416 e. The number of hydrogen-bond donors (Lipinski definition) is 1. The second-order valence-electron chi connectivity index (χ2n) is 6.17. The first-order valence-corrected chi connectivity index (χ1v) is 7.60. The average molecular weight is 315 g/mol. The smallest absolute Gasteiger partial charge is 0.396 e. The van der Waals surface area contributed by atoms with Gasteiger partial charge in [-0.15, -0.1) is 0 Å². The number of morpholine rings is 1. The van der Waals surface area contributed by atoms with Crippen molar-refractivity contribution < 1.29 is 23.0 Å². The molecule has 3 atom stereocenters. The van der Waals surface area contributed by atoms with Crippen LogP contribution in [0.2, 0.25) is 0 Å². The molecule has 1 aromatic carbocycles. The van der Waals surface area contributed by atoms with Crippen molar-refractivity contribution in [3.63, 3.8) is 0 Å². The van der Waals surface area contributed by atoms with E-state index in [1.807, 2.05) is 0 Å². The van der Waals surface area contributed by atoms with Gasteiger partial charge in [-0.2, -0.15) is 13.2 Å². The van der Waals surface area contributed by atoms with Crippen molar-refractivity contribution in [2.75, 3.05) is 19.8 Å². The van der Waals surface area contributed by atoms with Gasteiger partial charge in [0.05, 0.1) is 18.3 Å². The SMILES string of the molecule is OC[C@H]1C[C@@H]2OCCN(Cc3cccc(C(F)(F)F)c3)[C@H]2C1. The van der Waals surface area contributed by atoms with E-state index in [0.717, 1.165) is 25.5 Å². The van der Waals surface area contributed by atoms with E-state index >= 15 is 0 Å². The van der Waals surface area contributed by atoms with Gasteiger partial charge in [0.1, 0.15) is 0 Å². The number of rotatable bonds is 3. The molecule has 0 aromatic heterocycles. The lowest BCUT2D eigenvalue weighted by Crippen LogP contribution is -2.47. The minimum absolute atomic E-state index is 0.0942. The fourth-order valence-corrected chi connectivity index (χ4v) is 3.55. The first kappa shape index (κ1) is 15.8. The van der Waals surface area contributed by atoms with Crippen LogP contribution in [0, 0.1) is 5.92 Å². The molecule has 22 heavy (non-hydrogen) atoms. The zero-order chi connectivity index (χ0) is 15.7. The summed E-state index contributed by atoms with van der Waals surface area (Å²) in [6.07, 6.45) is -2.53. The topological polar surface area (TPSA) is 32.7 Å². The molecular weight excluding hydrogens is 295 g/mol. The minimum atomic E-state index is -4.31. The van der Waals surface area contributed by atoms with Gasteiger partial charge in [-0.25, -0.2) is 0 Å². The van der Waals surface area contributed by atoms with E-state index in [2.05, 4.69) is 4.90 Å². The number of fused-ring (bicyclic) bond motifs is 1. The van der Waals surface area contributed by atoms with Gasteiger partial charge in [-0.1, -0.05) is 18.2 Å². The van der Waals surface area contributed by atoms with Crippen molar-refractivity contribution in [3.05, 3.63) is 35.4 Å². The Kier molecular flexibility index (Phi) is 4.43. The predicted molar refractivity (Wildman–Crippen MR) is 75.2 cm³/mol. The Labute approximate surface area is 127 Å². The number of benzene rings is 1. The zero-order valence-corrected chi connectivity index (χ0v) is 12.2. The van der Waals surface area contributed by atoms with Crippen LogP contribution in [0.1, 0.15) is 24.0 Å². The second kappa shape index (κ2) is 6.18. The third-order valence-electron chi connectivity index (χ3n) is 4.65. The number of halogens is 3. The molecule has 2 aliphatic rings. The van der Waals surface area contributed by atoms with Crippen molar-refractivity contribution in [1.29, 1.82) is 0 Å². The lowest BCUT2D eigenvalue weighted by molar-refractivity contribution is -0.137. The number of alkyl halides is 3. The van der Waals surface area contributed by atoms with Gasteiger partial charge < -0.3 is 9.84 Å². The molecule has 3 nitrogen and oxygen atoms in total. The van der Waals surface area contributed by atoms with Crippen molar-refractivity contribution >= 4 is 0 Å². The molecule has 1 aliphatic carbocycles. The van der Waals surface area contributed by atoms with Crippen molar-refractivity contribution in [2.45, 2.75) is 37.7 Å². The third kappa shape index (κ3) is 3.29. The highest BCUT2D eigenvalue weighted by molar-refractivity contribution is 5.25. The molecule has 122 valence electrons. The molecule has 2 fully saturated rings. The van der Waals surface area contributed by atoms with Gasteiger partial charge >= 0.3 is 6.18 Å². The number of nitrogens with zero attached hydrogens (tertiary/aromatic N) is 1.